The number of hydrogen-bond acceptors (Lipinski definition) is 6. The summed E-state index contributed by atoms with van der Waals surface area (Å²) in [5, 5.41) is 19.9. The molecule has 0 fully saturated rings. The van der Waals surface area contributed by atoms with Gasteiger partial charge in [-0.15, -0.1) is 0 Å². The summed E-state index contributed by atoms with van der Waals surface area (Å²) in [5.74, 6) is -0.401. The Morgan fingerprint density at radius 1 is 1.00 bits per heavy atom. The van der Waals surface area contributed by atoms with Crippen LogP contribution >= 0.6 is 15.9 Å². The van der Waals surface area contributed by atoms with Gasteiger partial charge in [-0.3, -0.25) is 9.59 Å². The number of halogens is 1. The lowest BCUT2D eigenvalue weighted by Gasteiger charge is -2.29. The summed E-state index contributed by atoms with van der Waals surface area (Å²) < 4.78 is 12.2. The van der Waals surface area contributed by atoms with E-state index in [1.54, 1.807) is 7.11 Å². The molecule has 1 aromatic rings. The molecule has 1 aromatic carbocycles. The van der Waals surface area contributed by atoms with Gasteiger partial charge in [0.05, 0.1) is 19.8 Å². The van der Waals surface area contributed by atoms with Gasteiger partial charge < -0.3 is 30.5 Å². The first-order valence-corrected chi connectivity index (χ1v) is 15.3. The van der Waals surface area contributed by atoms with Gasteiger partial charge in [0.2, 0.25) is 11.8 Å². The third kappa shape index (κ3) is 13.3. The molecule has 1 rings (SSSR count). The van der Waals surface area contributed by atoms with Crippen molar-refractivity contribution in [3.63, 3.8) is 0 Å². The highest BCUT2D eigenvalue weighted by Crippen LogP contribution is 2.31. The second-order valence-corrected chi connectivity index (χ2v) is 13.4. The first-order valence-electron chi connectivity index (χ1n) is 14.5. The Morgan fingerprint density at radius 3 is 2.27 bits per heavy atom. The van der Waals surface area contributed by atoms with E-state index in [-0.39, 0.29) is 22.6 Å². The number of aryl methyl sites for hydroxylation is 2. The van der Waals surface area contributed by atoms with Crippen LogP contribution in [0, 0.1) is 31.6 Å². The van der Waals surface area contributed by atoms with Crippen molar-refractivity contribution in [2.24, 2.45) is 10.8 Å². The Labute approximate surface area is 250 Å². The summed E-state index contributed by atoms with van der Waals surface area (Å²) in [7, 11) is 1.68. The summed E-state index contributed by atoms with van der Waals surface area (Å²) in [6, 6.07) is 1.32. The molecule has 0 bridgehead atoms. The number of hydrogen-bond donors (Lipinski definition) is 4. The highest BCUT2D eigenvalue weighted by molar-refractivity contribution is 9.10. The zero-order valence-electron chi connectivity index (χ0n) is 26.3. The summed E-state index contributed by atoms with van der Waals surface area (Å²) in [6.45, 7) is 18.4. The van der Waals surface area contributed by atoms with Crippen LogP contribution in [0.4, 0.5) is 5.69 Å². The number of aliphatic hydroxyl groups excluding tert-OH is 1. The van der Waals surface area contributed by atoms with Crippen molar-refractivity contribution in [3.05, 3.63) is 27.2 Å². The van der Waals surface area contributed by atoms with Crippen molar-refractivity contribution in [3.8, 4) is 0 Å². The van der Waals surface area contributed by atoms with Gasteiger partial charge in [-0.2, -0.15) is 0 Å². The van der Waals surface area contributed by atoms with Crippen LogP contribution in [0.3, 0.4) is 0 Å². The molecule has 8 nitrogen and oxygen atoms in total. The number of aliphatic hydroxyl groups is 1. The van der Waals surface area contributed by atoms with Gasteiger partial charge >= 0.3 is 0 Å². The van der Waals surface area contributed by atoms with Crippen LogP contribution in [0.5, 0.6) is 0 Å². The normalized spacial score (nSPS) is 13.6. The maximum Gasteiger partial charge on any atom is 0.242 e. The van der Waals surface area contributed by atoms with E-state index in [0.29, 0.717) is 45.6 Å². The maximum absolute atomic E-state index is 13.2. The molecule has 0 aromatic heterocycles. The van der Waals surface area contributed by atoms with E-state index >= 15 is 0 Å². The second-order valence-electron chi connectivity index (χ2n) is 12.6. The number of unbranched alkanes of at least 4 members (excludes halogenated alkanes) is 2. The van der Waals surface area contributed by atoms with E-state index in [0.717, 1.165) is 46.1 Å². The molecule has 0 aliphatic carbocycles. The van der Waals surface area contributed by atoms with Gasteiger partial charge in [0, 0.05) is 41.1 Å². The molecule has 2 amide bonds. The van der Waals surface area contributed by atoms with E-state index in [2.05, 4.69) is 58.7 Å². The number of methoxy groups -OCH3 is 1. The van der Waals surface area contributed by atoms with Gasteiger partial charge in [0.15, 0.2) is 0 Å². The van der Waals surface area contributed by atoms with Crippen LogP contribution < -0.4 is 16.0 Å². The van der Waals surface area contributed by atoms with Crippen molar-refractivity contribution in [2.45, 2.75) is 106 Å². The first-order chi connectivity index (χ1) is 18.6. The summed E-state index contributed by atoms with van der Waals surface area (Å²) in [6.07, 6.45) is 2.86. The van der Waals surface area contributed by atoms with Crippen LogP contribution in [-0.4, -0.2) is 62.7 Å². The fraction of sp³-hybridized carbons (Fsp3) is 0.742. The molecule has 2 atom stereocenters. The van der Waals surface area contributed by atoms with E-state index in [9.17, 15) is 14.7 Å². The Bertz CT molecular complexity index is 951. The zero-order valence-corrected chi connectivity index (χ0v) is 27.8. The van der Waals surface area contributed by atoms with Crippen molar-refractivity contribution in [1.82, 2.24) is 10.6 Å². The summed E-state index contributed by atoms with van der Waals surface area (Å²) in [4.78, 5) is 25.9. The Hall–Kier alpha value is -1.68. The number of nitrogens with one attached hydrogen (secondary N) is 3. The number of benzene rings is 1. The Morgan fingerprint density at radius 2 is 1.65 bits per heavy atom. The molecule has 0 spiro atoms. The van der Waals surface area contributed by atoms with Gasteiger partial charge in [-0.25, -0.2) is 0 Å². The van der Waals surface area contributed by atoms with E-state index in [4.69, 9.17) is 9.47 Å². The van der Waals surface area contributed by atoms with Gasteiger partial charge in [0.25, 0.3) is 0 Å². The average molecular weight is 629 g/mol. The highest BCUT2D eigenvalue weighted by Gasteiger charge is 2.27. The third-order valence-corrected chi connectivity index (χ3v) is 8.06. The van der Waals surface area contributed by atoms with Crippen molar-refractivity contribution >= 4 is 33.4 Å². The Kier molecular flexibility index (Phi) is 15.7. The summed E-state index contributed by atoms with van der Waals surface area (Å²) in [5.41, 5.74) is 3.65. The molecule has 0 aliphatic heterocycles. The minimum absolute atomic E-state index is 0.0954. The Balaban J connectivity index is 2.81. The molecule has 0 saturated carbocycles. The third-order valence-electron chi connectivity index (χ3n) is 6.84. The largest absolute Gasteiger partial charge is 0.384 e. The lowest BCUT2D eigenvalue weighted by Crippen LogP contribution is -2.49. The molecule has 230 valence electrons. The summed E-state index contributed by atoms with van der Waals surface area (Å²) >= 11 is 3.62. The van der Waals surface area contributed by atoms with Crippen molar-refractivity contribution in [1.29, 1.82) is 0 Å². The predicted octanol–water partition coefficient (Wildman–Crippen LogP) is 5.78. The number of carbonyl (C=O) groups is 2. The molecule has 0 aliphatic rings. The van der Waals surface area contributed by atoms with E-state index < -0.39 is 12.3 Å². The molecule has 0 radical (unpaired) electrons. The molecule has 4 N–H and O–H groups in total. The maximum atomic E-state index is 13.2. The minimum Gasteiger partial charge on any atom is -0.384 e. The molecular weight excluding hydrogens is 574 g/mol. The number of carbonyl (C=O) groups excluding carboxylic acids is 2. The monoisotopic (exact) mass is 627 g/mol. The minimum atomic E-state index is -0.875. The zero-order chi connectivity index (χ0) is 30.5. The fourth-order valence-corrected chi connectivity index (χ4v) is 4.87. The first kappa shape index (κ1) is 36.3. The number of amides is 2. The van der Waals surface area contributed by atoms with Crippen LogP contribution in [0.1, 0.15) is 89.8 Å². The van der Waals surface area contributed by atoms with Crippen LogP contribution in [0.15, 0.2) is 10.5 Å². The highest BCUT2D eigenvalue weighted by atomic mass is 79.9. The second kappa shape index (κ2) is 17.3. The topological polar surface area (TPSA) is 109 Å². The van der Waals surface area contributed by atoms with Crippen LogP contribution in [-0.2, 0) is 19.1 Å². The van der Waals surface area contributed by atoms with Gasteiger partial charge in [-0.05, 0) is 56.7 Å². The molecule has 1 unspecified atom stereocenters. The molecule has 0 saturated heterocycles. The van der Waals surface area contributed by atoms with Crippen molar-refractivity contribution in [2.75, 3.05) is 38.8 Å². The molecule has 9 heteroatoms. The molecule has 0 heterocycles. The average Bonchev–Trinajstić information content (AvgIpc) is 2.86. The van der Waals surface area contributed by atoms with Crippen molar-refractivity contribution < 1.29 is 24.2 Å². The van der Waals surface area contributed by atoms with Gasteiger partial charge in [0.1, 0.15) is 12.3 Å². The number of anilines is 1. The van der Waals surface area contributed by atoms with E-state index in [1.807, 2.05) is 34.6 Å². The quantitative estimate of drug-likeness (QED) is 0.114. The van der Waals surface area contributed by atoms with Crippen LogP contribution in [0.2, 0.25) is 0 Å². The fourth-order valence-electron chi connectivity index (χ4n) is 4.55. The van der Waals surface area contributed by atoms with Crippen LogP contribution in [0.25, 0.3) is 0 Å². The number of ether oxygens (including phenoxy) is 2. The number of rotatable bonds is 19. The lowest BCUT2D eigenvalue weighted by molar-refractivity contribution is -0.129. The molecule has 40 heavy (non-hydrogen) atoms. The smallest absolute Gasteiger partial charge is 0.242 e. The lowest BCUT2D eigenvalue weighted by atomic mass is 9.93. The SMILES string of the molecule is CCCCCC(=O)N[C@@H](CCC(O)Nc1c(C)cc(C)c(Br)c1C)C(=O)NCC(C)(C)COCC(C)(C)COC. The predicted molar refractivity (Wildman–Crippen MR) is 167 cm³/mol. The van der Waals surface area contributed by atoms with Gasteiger partial charge in [-0.1, -0.05) is 69.5 Å². The molecular formula is C31H54BrN3O5. The van der Waals surface area contributed by atoms with E-state index in [1.165, 1.54) is 0 Å². The standard InChI is InChI=1S/C31H54BrN3O5/c1-10-11-12-13-25(36)34-24(14-15-26(37)35-28-22(3)16-21(2)27(32)23(28)4)29(38)33-17-30(5,6)19-40-20-31(7,8)18-39-9/h16,24,26,35,37H,10-15,17-20H2,1-9H3,(H,33,38)(H,34,36)/t24-,26?/m0/s1.